The van der Waals surface area contributed by atoms with Crippen LogP contribution in [0.1, 0.15) is 19.8 Å². The first-order valence-electron chi connectivity index (χ1n) is 5.64. The van der Waals surface area contributed by atoms with Crippen LogP contribution in [0.3, 0.4) is 0 Å². The molecule has 0 aliphatic rings. The Hall–Kier alpha value is -1.55. The Labute approximate surface area is 94.8 Å². The van der Waals surface area contributed by atoms with Crippen molar-refractivity contribution in [3.63, 3.8) is 0 Å². The summed E-state index contributed by atoms with van der Waals surface area (Å²) in [5.41, 5.74) is 6.56. The second kappa shape index (κ2) is 4.99. The summed E-state index contributed by atoms with van der Waals surface area (Å²) in [6, 6.07) is 4.06. The monoisotopic (exact) mass is 219 g/mol. The van der Waals surface area contributed by atoms with E-state index in [1.807, 2.05) is 12.1 Å². The van der Waals surface area contributed by atoms with E-state index in [-0.39, 0.29) is 6.04 Å². The number of rotatable bonds is 5. The average molecular weight is 219 g/mol. The molecule has 2 aromatic heterocycles. The third-order valence-electron chi connectivity index (χ3n) is 2.64. The first-order chi connectivity index (χ1) is 7.85. The van der Waals surface area contributed by atoms with Crippen molar-refractivity contribution >= 4 is 16.8 Å². The number of hydrogen-bond donors (Lipinski definition) is 2. The van der Waals surface area contributed by atoms with E-state index in [4.69, 9.17) is 10.2 Å². The summed E-state index contributed by atoms with van der Waals surface area (Å²) in [4.78, 5) is 4.32. The Morgan fingerprint density at radius 1 is 1.50 bits per heavy atom. The lowest BCUT2D eigenvalue weighted by molar-refractivity contribution is 0.615. The Balaban J connectivity index is 2.22. The van der Waals surface area contributed by atoms with Gasteiger partial charge in [-0.05, 0) is 18.6 Å². The van der Waals surface area contributed by atoms with Gasteiger partial charge in [0.2, 0.25) is 0 Å². The molecule has 0 spiro atoms. The van der Waals surface area contributed by atoms with Gasteiger partial charge in [-0.25, -0.2) is 4.98 Å². The van der Waals surface area contributed by atoms with Gasteiger partial charge < -0.3 is 15.5 Å². The van der Waals surface area contributed by atoms with Crippen molar-refractivity contribution < 1.29 is 4.42 Å². The molecule has 3 N–H and O–H groups in total. The van der Waals surface area contributed by atoms with Gasteiger partial charge in [0, 0.05) is 18.8 Å². The van der Waals surface area contributed by atoms with E-state index >= 15 is 0 Å². The second-order valence-corrected chi connectivity index (χ2v) is 3.86. The molecule has 0 amide bonds. The summed E-state index contributed by atoms with van der Waals surface area (Å²) < 4.78 is 5.32. The van der Waals surface area contributed by atoms with Gasteiger partial charge in [-0.15, -0.1) is 0 Å². The van der Waals surface area contributed by atoms with E-state index < -0.39 is 0 Å². The molecule has 0 bridgehead atoms. The number of nitrogens with zero attached hydrogens (tertiary/aromatic N) is 1. The normalized spacial score (nSPS) is 12.9. The van der Waals surface area contributed by atoms with E-state index in [2.05, 4.69) is 17.2 Å². The summed E-state index contributed by atoms with van der Waals surface area (Å²) in [6.45, 7) is 2.76. The minimum Gasteiger partial charge on any atom is -0.464 e. The quantitative estimate of drug-likeness (QED) is 0.810. The average Bonchev–Trinajstić information content (AvgIpc) is 2.77. The lowest BCUT2D eigenvalue weighted by Crippen LogP contribution is -2.29. The van der Waals surface area contributed by atoms with Crippen molar-refractivity contribution in [2.45, 2.75) is 25.8 Å². The Kier molecular flexibility index (Phi) is 3.41. The third-order valence-corrected chi connectivity index (χ3v) is 2.64. The number of fused-ring (bicyclic) bond motifs is 1. The lowest BCUT2D eigenvalue weighted by atomic mass is 10.1. The van der Waals surface area contributed by atoms with Crippen molar-refractivity contribution in [1.82, 2.24) is 4.98 Å². The van der Waals surface area contributed by atoms with Crippen molar-refractivity contribution in [1.29, 1.82) is 0 Å². The molecule has 1 unspecified atom stereocenters. The molecule has 86 valence electrons. The van der Waals surface area contributed by atoms with Crippen LogP contribution in [0.15, 0.2) is 29.0 Å². The van der Waals surface area contributed by atoms with Gasteiger partial charge in [0.25, 0.3) is 0 Å². The molecule has 0 saturated carbocycles. The molecule has 2 rings (SSSR count). The molecule has 0 fully saturated rings. The zero-order valence-electron chi connectivity index (χ0n) is 9.44. The minimum absolute atomic E-state index is 0.276. The molecule has 0 aliphatic carbocycles. The van der Waals surface area contributed by atoms with Crippen molar-refractivity contribution in [3.8, 4) is 0 Å². The zero-order chi connectivity index (χ0) is 11.4. The fourth-order valence-electron chi connectivity index (χ4n) is 1.80. The molecule has 4 heteroatoms. The van der Waals surface area contributed by atoms with Crippen molar-refractivity contribution in [2.24, 2.45) is 5.73 Å². The Bertz CT molecular complexity index is 452. The first-order valence-corrected chi connectivity index (χ1v) is 5.64. The number of anilines is 1. The van der Waals surface area contributed by atoms with Crippen LogP contribution in [-0.4, -0.2) is 17.6 Å². The van der Waals surface area contributed by atoms with E-state index in [0.29, 0.717) is 6.54 Å². The van der Waals surface area contributed by atoms with Crippen molar-refractivity contribution in [3.05, 3.63) is 24.6 Å². The molecule has 1 atom stereocenters. The minimum atomic E-state index is 0.276. The summed E-state index contributed by atoms with van der Waals surface area (Å²) in [5, 5.41) is 4.37. The highest BCUT2D eigenvalue weighted by Gasteiger charge is 2.09. The van der Waals surface area contributed by atoms with E-state index in [0.717, 1.165) is 29.6 Å². The molecular formula is C12H17N3O. The maximum atomic E-state index is 5.71. The van der Waals surface area contributed by atoms with E-state index in [1.54, 1.807) is 12.5 Å². The van der Waals surface area contributed by atoms with Crippen LogP contribution in [0.2, 0.25) is 0 Å². The van der Waals surface area contributed by atoms with Crippen molar-refractivity contribution in [2.75, 3.05) is 11.9 Å². The SMILES string of the molecule is CCCC(CN)Nc1nccc2occc12. The molecule has 4 nitrogen and oxygen atoms in total. The number of nitrogens with one attached hydrogen (secondary N) is 1. The number of hydrogen-bond acceptors (Lipinski definition) is 4. The lowest BCUT2D eigenvalue weighted by Gasteiger charge is -2.16. The van der Waals surface area contributed by atoms with Gasteiger partial charge in [-0.1, -0.05) is 13.3 Å². The smallest absolute Gasteiger partial charge is 0.139 e. The fourth-order valence-corrected chi connectivity index (χ4v) is 1.80. The molecule has 16 heavy (non-hydrogen) atoms. The second-order valence-electron chi connectivity index (χ2n) is 3.86. The van der Waals surface area contributed by atoms with Gasteiger partial charge >= 0.3 is 0 Å². The molecule has 0 radical (unpaired) electrons. The van der Waals surface area contributed by atoms with E-state index in [1.165, 1.54) is 0 Å². The highest BCUT2D eigenvalue weighted by molar-refractivity contribution is 5.87. The number of nitrogens with two attached hydrogens (primary N) is 1. The third kappa shape index (κ3) is 2.17. The number of furan rings is 1. The topological polar surface area (TPSA) is 64.1 Å². The first kappa shape index (κ1) is 11.0. The summed E-state index contributed by atoms with van der Waals surface area (Å²) in [7, 11) is 0. The van der Waals surface area contributed by atoms with Crippen LogP contribution >= 0.6 is 0 Å². The van der Waals surface area contributed by atoms with Crippen LogP contribution in [0.4, 0.5) is 5.82 Å². The molecule has 0 saturated heterocycles. The van der Waals surface area contributed by atoms with Crippen LogP contribution < -0.4 is 11.1 Å². The largest absolute Gasteiger partial charge is 0.464 e. The van der Waals surface area contributed by atoms with Crippen LogP contribution in [-0.2, 0) is 0 Å². The number of aromatic nitrogens is 1. The number of pyridine rings is 1. The predicted octanol–water partition coefficient (Wildman–Crippen LogP) is 2.37. The molecule has 0 aliphatic heterocycles. The zero-order valence-corrected chi connectivity index (χ0v) is 9.44. The summed E-state index contributed by atoms with van der Waals surface area (Å²) >= 11 is 0. The fraction of sp³-hybridized carbons (Fsp3) is 0.417. The summed E-state index contributed by atoms with van der Waals surface area (Å²) in [5.74, 6) is 0.857. The van der Waals surface area contributed by atoms with Gasteiger partial charge in [-0.3, -0.25) is 0 Å². The van der Waals surface area contributed by atoms with Gasteiger partial charge in [0.1, 0.15) is 11.4 Å². The maximum absolute atomic E-state index is 5.71. The molecule has 2 aromatic rings. The predicted molar refractivity (Wildman–Crippen MR) is 65.4 cm³/mol. The molecule has 0 aromatic carbocycles. The van der Waals surface area contributed by atoms with E-state index in [9.17, 15) is 0 Å². The van der Waals surface area contributed by atoms with Gasteiger partial charge in [0.15, 0.2) is 0 Å². The molecular weight excluding hydrogens is 202 g/mol. The standard InChI is InChI=1S/C12H17N3O/c1-2-3-9(8-13)15-12-10-5-7-16-11(10)4-6-14-12/h4-7,9H,2-3,8,13H2,1H3,(H,14,15). The Morgan fingerprint density at radius 3 is 3.12 bits per heavy atom. The maximum Gasteiger partial charge on any atom is 0.139 e. The molecule has 2 heterocycles. The van der Waals surface area contributed by atoms with Crippen LogP contribution in [0.5, 0.6) is 0 Å². The summed E-state index contributed by atoms with van der Waals surface area (Å²) in [6.07, 6.45) is 5.57. The highest BCUT2D eigenvalue weighted by atomic mass is 16.3. The van der Waals surface area contributed by atoms with Gasteiger partial charge in [0.05, 0.1) is 11.6 Å². The van der Waals surface area contributed by atoms with Gasteiger partial charge in [-0.2, -0.15) is 0 Å². The highest BCUT2D eigenvalue weighted by Crippen LogP contribution is 2.22. The Morgan fingerprint density at radius 2 is 2.38 bits per heavy atom. The van der Waals surface area contributed by atoms with Crippen LogP contribution in [0, 0.1) is 0 Å². The van der Waals surface area contributed by atoms with Crippen LogP contribution in [0.25, 0.3) is 11.0 Å².